The number of para-hydroxylation sites is 1. The Balaban J connectivity index is 1.82. The summed E-state index contributed by atoms with van der Waals surface area (Å²) in [5.41, 5.74) is -0.00311. The number of aliphatic hydroxyl groups excluding tert-OH is 1. The molecule has 0 bridgehead atoms. The van der Waals surface area contributed by atoms with Gasteiger partial charge in [-0.1, -0.05) is 31.4 Å². The second-order valence-electron chi connectivity index (χ2n) is 9.99. The summed E-state index contributed by atoms with van der Waals surface area (Å²) >= 11 is 0. The molecule has 2 aliphatic rings. The normalized spacial score (nSPS) is 28.0. The Kier molecular flexibility index (Phi) is 10.3. The van der Waals surface area contributed by atoms with Crippen molar-refractivity contribution >= 4 is 19.6 Å². The summed E-state index contributed by atoms with van der Waals surface area (Å²) in [5.74, 6) is -3.69. The van der Waals surface area contributed by atoms with Crippen LogP contribution >= 0.6 is 7.75 Å². The summed E-state index contributed by atoms with van der Waals surface area (Å²) in [6.07, 6.45) is -0.363. The summed E-state index contributed by atoms with van der Waals surface area (Å²) in [7, 11) is -4.35. The summed E-state index contributed by atoms with van der Waals surface area (Å²) in [6.45, 7) is 11.1. The first-order valence-corrected chi connectivity index (χ1v) is 14.4. The number of carbonyl (C=O) groups excluding carboxylic acids is 2. The van der Waals surface area contributed by atoms with Crippen molar-refractivity contribution in [2.24, 2.45) is 0 Å². The predicted molar refractivity (Wildman–Crippen MR) is 147 cm³/mol. The lowest BCUT2D eigenvalue weighted by molar-refractivity contribution is -0.147. The van der Waals surface area contributed by atoms with E-state index in [1.165, 1.54) is 23.2 Å². The molecule has 1 amide bonds. The van der Waals surface area contributed by atoms with Crippen molar-refractivity contribution in [3.05, 3.63) is 73.4 Å². The Labute approximate surface area is 238 Å². The van der Waals surface area contributed by atoms with E-state index >= 15 is 4.39 Å². The fourth-order valence-electron chi connectivity index (χ4n) is 4.28. The van der Waals surface area contributed by atoms with Gasteiger partial charge in [-0.15, -0.1) is 5.73 Å². The number of benzene rings is 1. The molecule has 1 fully saturated rings. The molecule has 0 saturated carbocycles. The molecular weight excluding hydrogens is 558 g/mol. The van der Waals surface area contributed by atoms with Gasteiger partial charge in [0, 0.05) is 24.7 Å². The first kappa shape index (κ1) is 32.2. The molecular formula is C27H36FN4O8P. The lowest BCUT2D eigenvalue weighted by Gasteiger charge is -2.38. The van der Waals surface area contributed by atoms with Gasteiger partial charge in [-0.3, -0.25) is 19.4 Å². The van der Waals surface area contributed by atoms with E-state index in [1.807, 2.05) is 0 Å². The van der Waals surface area contributed by atoms with Gasteiger partial charge in [-0.2, -0.15) is 0 Å². The highest BCUT2D eigenvalue weighted by atomic mass is 31.2. The Morgan fingerprint density at radius 2 is 2.02 bits per heavy atom. The molecule has 1 aromatic rings. The maximum atomic E-state index is 16.4. The zero-order valence-electron chi connectivity index (χ0n) is 23.1. The van der Waals surface area contributed by atoms with Crippen molar-refractivity contribution in [1.82, 2.24) is 20.6 Å². The van der Waals surface area contributed by atoms with Gasteiger partial charge in [0.15, 0.2) is 5.60 Å². The molecule has 2 heterocycles. The fourth-order valence-corrected chi connectivity index (χ4v) is 5.89. The highest BCUT2D eigenvalue weighted by molar-refractivity contribution is 7.52. The lowest BCUT2D eigenvalue weighted by atomic mass is 9.92. The van der Waals surface area contributed by atoms with E-state index < -0.39 is 55.9 Å². The molecule has 14 heteroatoms. The first-order chi connectivity index (χ1) is 19.2. The van der Waals surface area contributed by atoms with Crippen molar-refractivity contribution in [1.29, 1.82) is 0 Å². The average molecular weight is 595 g/mol. The number of rotatable bonds is 13. The molecule has 41 heavy (non-hydrogen) atoms. The monoisotopic (exact) mass is 594 g/mol. The maximum Gasteiger partial charge on any atom is 0.459 e. The molecule has 2 aliphatic heterocycles. The number of amides is 1. The highest BCUT2D eigenvalue weighted by Gasteiger charge is 2.64. The standard InChI is InChI=1S/C27H36FN4O8P/c1-6-15-26(36)24(35)27(28,30-25(26)32-16-14-22(33)29-20(32)5)17-38-41(37,40-21-10-8-7-9-11-21)31-19(4)12-13-23(34)39-18(2)3/h7-11,14-16,18-19,24-25,30,35-36H,1,5,12-13,17H2,2-4H3,(H,29,33)(H,31,37)/t19?,24-,25-,26+,27+,41?/m0/s1. The van der Waals surface area contributed by atoms with E-state index in [0.29, 0.717) is 0 Å². The van der Waals surface area contributed by atoms with Gasteiger partial charge < -0.3 is 29.7 Å². The first-order valence-electron chi connectivity index (χ1n) is 12.9. The van der Waals surface area contributed by atoms with Crippen LogP contribution in [0.4, 0.5) is 4.39 Å². The van der Waals surface area contributed by atoms with E-state index in [4.69, 9.17) is 13.8 Å². The molecule has 1 aromatic carbocycles. The third-order valence-corrected chi connectivity index (χ3v) is 7.88. The number of nitrogens with zero attached hydrogens (tertiary/aromatic N) is 1. The Hall–Kier alpha value is -3.28. The number of alkyl halides is 1. The van der Waals surface area contributed by atoms with Gasteiger partial charge in [-0.25, -0.2) is 14.0 Å². The smallest absolute Gasteiger partial charge is 0.459 e. The molecule has 224 valence electrons. The van der Waals surface area contributed by atoms with Crippen molar-refractivity contribution < 1.29 is 42.5 Å². The van der Waals surface area contributed by atoms with E-state index in [2.05, 4.69) is 34.6 Å². The number of aliphatic hydroxyl groups is 2. The van der Waals surface area contributed by atoms with Gasteiger partial charge >= 0.3 is 13.7 Å². The molecule has 5 N–H and O–H groups in total. The predicted octanol–water partition coefficient (Wildman–Crippen LogP) is 2.34. The Bertz CT molecular complexity index is 1260. The van der Waals surface area contributed by atoms with Gasteiger partial charge in [-0.05, 0) is 45.4 Å². The molecule has 6 atom stereocenters. The van der Waals surface area contributed by atoms with Gasteiger partial charge in [0.2, 0.25) is 5.79 Å². The van der Waals surface area contributed by atoms with Gasteiger partial charge in [0.1, 0.15) is 30.4 Å². The number of carbonyl (C=O) groups is 2. The number of hydrogen-bond donors (Lipinski definition) is 5. The molecule has 12 nitrogen and oxygen atoms in total. The molecule has 3 rings (SSSR count). The minimum Gasteiger partial charge on any atom is -0.463 e. The van der Waals surface area contributed by atoms with Crippen LogP contribution in [0, 0.1) is 0 Å². The van der Waals surface area contributed by atoms with Crippen molar-refractivity contribution in [2.45, 2.75) is 69.4 Å². The second kappa shape index (κ2) is 13.1. The molecule has 0 spiro atoms. The average Bonchev–Trinajstić information content (AvgIpc) is 3.08. The Morgan fingerprint density at radius 3 is 2.63 bits per heavy atom. The highest BCUT2D eigenvalue weighted by Crippen LogP contribution is 2.48. The molecule has 2 unspecified atom stereocenters. The zero-order chi connectivity index (χ0) is 30.4. The van der Waals surface area contributed by atoms with E-state index in [-0.39, 0.29) is 30.5 Å². The van der Waals surface area contributed by atoms with Crippen molar-refractivity contribution in [2.75, 3.05) is 6.61 Å². The van der Waals surface area contributed by atoms with Crippen LogP contribution in [0.3, 0.4) is 0 Å². The second-order valence-corrected chi connectivity index (χ2v) is 11.7. The maximum absolute atomic E-state index is 16.4. The minimum absolute atomic E-state index is 0.00665. The largest absolute Gasteiger partial charge is 0.463 e. The molecule has 1 saturated heterocycles. The quantitative estimate of drug-likeness (QED) is 0.0988. The van der Waals surface area contributed by atoms with Crippen LogP contribution < -0.4 is 20.2 Å². The third-order valence-electron chi connectivity index (χ3n) is 6.20. The minimum atomic E-state index is -4.35. The van der Waals surface area contributed by atoms with Crippen LogP contribution in [-0.2, 0) is 23.4 Å². The summed E-state index contributed by atoms with van der Waals surface area (Å²) in [5, 5.41) is 29.9. The number of nitrogens with one attached hydrogen (secondary N) is 3. The fraction of sp³-hybridized carbons (Fsp3) is 0.444. The summed E-state index contributed by atoms with van der Waals surface area (Å²) in [6, 6.07) is 7.40. The number of halogens is 1. The SMILES string of the molecule is C=C=C[C@]1(O)[C@H](N2C=CC(=O)NC2=C)N[C@](F)(COP(=O)(NC(C)CCC(=O)OC(C)C)Oc2ccccc2)[C@H]1O. The van der Waals surface area contributed by atoms with Crippen molar-refractivity contribution in [3.63, 3.8) is 0 Å². The van der Waals surface area contributed by atoms with Crippen LogP contribution in [0.2, 0.25) is 0 Å². The zero-order valence-corrected chi connectivity index (χ0v) is 24.0. The van der Waals surface area contributed by atoms with Crippen molar-refractivity contribution in [3.8, 4) is 5.75 Å². The number of esters is 1. The van der Waals surface area contributed by atoms with Gasteiger partial charge in [0.05, 0.1) is 6.10 Å². The molecule has 0 radical (unpaired) electrons. The van der Waals surface area contributed by atoms with Gasteiger partial charge in [0.25, 0.3) is 5.91 Å². The van der Waals surface area contributed by atoms with E-state index in [0.717, 1.165) is 12.2 Å². The third kappa shape index (κ3) is 7.93. The van der Waals surface area contributed by atoms with E-state index in [1.54, 1.807) is 39.0 Å². The van der Waals surface area contributed by atoms with Crippen LogP contribution in [0.15, 0.2) is 73.4 Å². The van der Waals surface area contributed by atoms with E-state index in [9.17, 15) is 24.4 Å². The summed E-state index contributed by atoms with van der Waals surface area (Å²) < 4.78 is 46.5. The lowest BCUT2D eigenvalue weighted by Crippen LogP contribution is -2.56. The topological polar surface area (TPSA) is 159 Å². The molecule has 0 aliphatic carbocycles. The van der Waals surface area contributed by atoms with Crippen LogP contribution in [0.25, 0.3) is 0 Å². The summed E-state index contributed by atoms with van der Waals surface area (Å²) in [4.78, 5) is 24.8. The number of hydrogen-bond acceptors (Lipinski definition) is 10. The number of ether oxygens (including phenoxy) is 1. The molecule has 0 aromatic heterocycles. The van der Waals surface area contributed by atoms with Crippen LogP contribution in [0.1, 0.15) is 33.6 Å². The van der Waals surface area contributed by atoms with Crippen LogP contribution in [-0.4, -0.2) is 69.4 Å². The van der Waals surface area contributed by atoms with Crippen LogP contribution in [0.5, 0.6) is 5.75 Å². The Morgan fingerprint density at radius 1 is 1.34 bits per heavy atom.